The number of methoxy groups -OCH3 is 1. The van der Waals surface area contributed by atoms with Gasteiger partial charge in [0.2, 0.25) is 33.6 Å². The first-order valence-electron chi connectivity index (χ1n) is 18.9. The zero-order valence-corrected chi connectivity index (χ0v) is 32.0. The highest BCUT2D eigenvalue weighted by atomic mass is 32.2. The van der Waals surface area contributed by atoms with Crippen molar-refractivity contribution in [2.75, 3.05) is 26.9 Å². The summed E-state index contributed by atoms with van der Waals surface area (Å²) in [4.78, 5) is 60.8. The first kappa shape index (κ1) is 38.6. The number of pyridine rings is 1. The van der Waals surface area contributed by atoms with E-state index in [1.807, 2.05) is 25.1 Å². The van der Waals surface area contributed by atoms with Crippen molar-refractivity contribution in [1.29, 1.82) is 0 Å². The molecule has 15 nitrogen and oxygen atoms in total. The normalized spacial score (nSPS) is 30.9. The van der Waals surface area contributed by atoms with Crippen LogP contribution in [-0.2, 0) is 30.8 Å². The van der Waals surface area contributed by atoms with Crippen LogP contribution in [0.25, 0.3) is 10.8 Å². The number of fused-ring (bicyclic) bond motifs is 5. The van der Waals surface area contributed by atoms with E-state index >= 15 is 0 Å². The van der Waals surface area contributed by atoms with E-state index in [1.165, 1.54) is 4.90 Å². The van der Waals surface area contributed by atoms with Crippen LogP contribution >= 0.6 is 0 Å². The van der Waals surface area contributed by atoms with Crippen molar-refractivity contribution in [3.8, 4) is 17.5 Å². The summed E-state index contributed by atoms with van der Waals surface area (Å²) in [6.07, 6.45) is 4.98. The molecule has 3 fully saturated rings. The second-order valence-corrected chi connectivity index (χ2v) is 17.9. The number of benzene rings is 1. The minimum atomic E-state index is -4.40. The van der Waals surface area contributed by atoms with Gasteiger partial charge in [-0.2, -0.15) is 4.98 Å². The molecule has 1 aromatic carbocycles. The van der Waals surface area contributed by atoms with Gasteiger partial charge >= 0.3 is 6.09 Å². The summed E-state index contributed by atoms with van der Waals surface area (Å²) in [6, 6.07) is 3.03. The summed E-state index contributed by atoms with van der Waals surface area (Å²) in [5.74, 6) is -2.02. The zero-order chi connectivity index (χ0) is 39.3. The fraction of sp³-hybridized carbons (Fsp3) is 0.605. The molecule has 2 saturated carbocycles. The van der Waals surface area contributed by atoms with Crippen molar-refractivity contribution < 1.29 is 51.3 Å². The fourth-order valence-corrected chi connectivity index (χ4v) is 9.76. The standard InChI is InChI=1S/C38H48FN5O10S/c1-21-7-4-5-8-23-18-38(23,35(47)43-55(50,51)37(20-39)12-13-37)42-31(45)29-17-25(19-44(29)34(46)30(22(2)15-21)40-36(48)49)54-33-27-11-10-24(52-3)16-28(27)26-9-6-14-53-32(26)41-33/h5,8,10-11,16,21-23,25,29-30,40H,4,6-7,9,12-15,17-20H2,1-3H3,(H,42,45)(H,43,47)(H,48,49)/b8-5-/t21-,22-,23-,25-,29+,30+,38-/m1/s1. The first-order valence-corrected chi connectivity index (χ1v) is 20.4. The number of amides is 4. The van der Waals surface area contributed by atoms with Crippen molar-refractivity contribution in [2.24, 2.45) is 17.8 Å². The van der Waals surface area contributed by atoms with E-state index < -0.39 is 80.8 Å². The molecular weight excluding hydrogens is 738 g/mol. The van der Waals surface area contributed by atoms with Crippen molar-refractivity contribution >= 4 is 44.6 Å². The Hall–Kier alpha value is -4.67. The monoisotopic (exact) mass is 785 g/mol. The molecule has 4 amide bonds. The van der Waals surface area contributed by atoms with Gasteiger partial charge in [0.05, 0.1) is 20.3 Å². The third-order valence-electron chi connectivity index (χ3n) is 11.9. The molecular formula is C38H48FN5O10S. The maximum Gasteiger partial charge on any atom is 0.405 e. The number of ether oxygens (including phenoxy) is 3. The van der Waals surface area contributed by atoms with Crippen molar-refractivity contribution in [3.63, 3.8) is 0 Å². The summed E-state index contributed by atoms with van der Waals surface area (Å²) in [5, 5.41) is 16.5. The van der Waals surface area contributed by atoms with Gasteiger partial charge in [0.25, 0.3) is 5.91 Å². The predicted octanol–water partition coefficient (Wildman–Crippen LogP) is 3.39. The molecule has 0 unspecified atom stereocenters. The van der Waals surface area contributed by atoms with Crippen molar-refractivity contribution in [1.82, 2.24) is 25.2 Å². The number of nitrogens with one attached hydrogen (secondary N) is 3. The van der Waals surface area contributed by atoms with Gasteiger partial charge in [0.15, 0.2) is 0 Å². The minimum absolute atomic E-state index is 0.0547. The molecule has 17 heteroatoms. The molecule has 3 aliphatic heterocycles. The topological polar surface area (TPSA) is 203 Å². The zero-order valence-electron chi connectivity index (χ0n) is 31.1. The number of alkyl halides is 1. The number of nitrogens with zero attached hydrogens (tertiary/aromatic N) is 2. The van der Waals surface area contributed by atoms with E-state index in [0.29, 0.717) is 42.9 Å². The molecule has 2 aliphatic carbocycles. The molecule has 298 valence electrons. The number of carbonyl (C=O) groups excluding carboxylic acids is 3. The maximum absolute atomic E-state index is 14.5. The van der Waals surface area contributed by atoms with Gasteiger partial charge < -0.3 is 34.9 Å². The molecule has 0 radical (unpaired) electrons. The molecule has 55 heavy (non-hydrogen) atoms. The highest BCUT2D eigenvalue weighted by Crippen LogP contribution is 2.48. The Bertz CT molecular complexity index is 2020. The van der Waals surface area contributed by atoms with Crippen LogP contribution in [0.4, 0.5) is 9.18 Å². The quantitative estimate of drug-likeness (QED) is 0.286. The van der Waals surface area contributed by atoms with E-state index in [9.17, 15) is 37.1 Å². The van der Waals surface area contributed by atoms with Crippen LogP contribution in [0.3, 0.4) is 0 Å². The summed E-state index contributed by atoms with van der Waals surface area (Å²) < 4.78 is 58.4. The third kappa shape index (κ3) is 7.38. The lowest BCUT2D eigenvalue weighted by Gasteiger charge is -2.32. The lowest BCUT2D eigenvalue weighted by atomic mass is 9.88. The number of hydrogen-bond donors (Lipinski definition) is 4. The van der Waals surface area contributed by atoms with E-state index in [-0.39, 0.29) is 44.0 Å². The summed E-state index contributed by atoms with van der Waals surface area (Å²) in [6.45, 7) is 3.00. The van der Waals surface area contributed by atoms with Gasteiger partial charge in [0, 0.05) is 23.3 Å². The molecule has 7 atom stereocenters. The number of carbonyl (C=O) groups is 4. The molecule has 4 heterocycles. The molecule has 1 aromatic heterocycles. The Kier molecular flexibility index (Phi) is 10.4. The van der Waals surface area contributed by atoms with E-state index in [4.69, 9.17) is 19.2 Å². The van der Waals surface area contributed by atoms with Crippen LogP contribution in [-0.4, -0.2) is 103 Å². The SMILES string of the molecule is COc1ccc2c(O[C@@H]3C[C@H]4C(=O)N[C@]5(C(=O)NS(=O)(=O)C6(CF)CC6)C[C@H]5/C=C\CC[C@@H](C)C[C@@H](C)[C@H](NC(=O)O)C(=O)N4C3)nc3c(c2c1)CCCO3. The summed E-state index contributed by atoms with van der Waals surface area (Å²) in [7, 11) is -2.83. The number of halogens is 1. The number of carboxylic acid groups (broad SMARTS) is 1. The molecule has 5 aliphatic rings. The van der Waals surface area contributed by atoms with Gasteiger partial charge in [-0.3, -0.25) is 19.1 Å². The van der Waals surface area contributed by atoms with Crippen LogP contribution in [0.15, 0.2) is 30.4 Å². The van der Waals surface area contributed by atoms with Crippen LogP contribution in [0.1, 0.15) is 70.8 Å². The van der Waals surface area contributed by atoms with Gasteiger partial charge in [-0.15, -0.1) is 0 Å². The van der Waals surface area contributed by atoms with Gasteiger partial charge in [-0.25, -0.2) is 17.6 Å². The minimum Gasteiger partial charge on any atom is -0.497 e. The Labute approximate surface area is 318 Å². The summed E-state index contributed by atoms with van der Waals surface area (Å²) >= 11 is 0. The smallest absolute Gasteiger partial charge is 0.405 e. The average molecular weight is 786 g/mol. The first-order chi connectivity index (χ1) is 26.2. The second kappa shape index (κ2) is 14.8. The number of aryl methyl sites for hydroxylation is 1. The largest absolute Gasteiger partial charge is 0.497 e. The highest BCUT2D eigenvalue weighted by molar-refractivity contribution is 7.91. The molecule has 0 bridgehead atoms. The molecule has 0 spiro atoms. The predicted molar refractivity (Wildman–Crippen MR) is 197 cm³/mol. The van der Waals surface area contributed by atoms with Gasteiger partial charge in [0.1, 0.15) is 40.9 Å². The molecule has 2 aromatic rings. The summed E-state index contributed by atoms with van der Waals surface area (Å²) in [5.41, 5.74) is -0.768. The third-order valence-corrected chi connectivity index (χ3v) is 14.0. The number of aromatic nitrogens is 1. The Morgan fingerprint density at radius 3 is 2.67 bits per heavy atom. The van der Waals surface area contributed by atoms with Crippen LogP contribution in [0.2, 0.25) is 0 Å². The van der Waals surface area contributed by atoms with Crippen LogP contribution in [0, 0.1) is 17.8 Å². The Morgan fingerprint density at radius 1 is 1.18 bits per heavy atom. The fourth-order valence-electron chi connectivity index (χ4n) is 8.33. The number of sulfonamides is 1. The number of hydrogen-bond acceptors (Lipinski definition) is 10. The van der Waals surface area contributed by atoms with Crippen LogP contribution in [0.5, 0.6) is 17.5 Å². The second-order valence-electron chi connectivity index (χ2n) is 15.8. The lowest BCUT2D eigenvalue weighted by Crippen LogP contribution is -2.59. The van der Waals surface area contributed by atoms with Crippen LogP contribution < -0.4 is 29.6 Å². The van der Waals surface area contributed by atoms with Gasteiger partial charge in [-0.1, -0.05) is 26.0 Å². The lowest BCUT2D eigenvalue weighted by molar-refractivity contribution is -0.142. The highest BCUT2D eigenvalue weighted by Gasteiger charge is 2.64. The number of rotatable bonds is 8. The molecule has 7 rings (SSSR count). The van der Waals surface area contributed by atoms with E-state index in [2.05, 4.69) is 15.4 Å². The average Bonchev–Trinajstić information content (AvgIpc) is 4.06. The van der Waals surface area contributed by atoms with E-state index in [1.54, 1.807) is 26.2 Å². The van der Waals surface area contributed by atoms with Gasteiger partial charge in [-0.05, 0) is 86.8 Å². The molecule has 1 saturated heterocycles. The Morgan fingerprint density at radius 2 is 1.96 bits per heavy atom. The maximum atomic E-state index is 14.5. The number of allylic oxidation sites excluding steroid dienone is 1. The Balaban J connectivity index is 1.23. The molecule has 4 N–H and O–H groups in total. The van der Waals surface area contributed by atoms with Crippen molar-refractivity contribution in [2.45, 2.75) is 100 Å². The van der Waals surface area contributed by atoms with Crippen molar-refractivity contribution in [3.05, 3.63) is 35.9 Å². The van der Waals surface area contributed by atoms with E-state index in [0.717, 1.165) is 23.8 Å².